The van der Waals surface area contributed by atoms with Crippen molar-refractivity contribution in [3.8, 4) is 0 Å². The molecule has 0 aliphatic heterocycles. The van der Waals surface area contributed by atoms with Crippen LogP contribution < -0.4 is 38.9 Å². The smallest absolute Gasteiger partial charge is 0.326 e. The van der Waals surface area contributed by atoms with Crippen molar-refractivity contribution in [3.63, 3.8) is 0 Å². The van der Waals surface area contributed by atoms with Gasteiger partial charge in [0.2, 0.25) is 23.6 Å². The molecule has 0 aromatic rings. The van der Waals surface area contributed by atoms with E-state index in [9.17, 15) is 38.7 Å². The van der Waals surface area contributed by atoms with Crippen LogP contribution in [-0.4, -0.2) is 93.5 Å². The molecule has 0 heterocycles. The summed E-state index contributed by atoms with van der Waals surface area (Å²) in [5.74, 6) is -8.24. The molecule has 4 amide bonds. The molecule has 0 bridgehead atoms. The first-order valence-electron chi connectivity index (χ1n) is 11.3. The van der Waals surface area contributed by atoms with E-state index < -0.39 is 85.0 Å². The van der Waals surface area contributed by atoms with Crippen molar-refractivity contribution < 1.29 is 48.9 Å². The lowest BCUT2D eigenvalue weighted by Crippen LogP contribution is -2.57. The summed E-state index contributed by atoms with van der Waals surface area (Å²) in [4.78, 5) is 86.1. The van der Waals surface area contributed by atoms with Gasteiger partial charge in [-0.3, -0.25) is 33.8 Å². The summed E-state index contributed by atoms with van der Waals surface area (Å²) >= 11 is 0. The van der Waals surface area contributed by atoms with Crippen LogP contribution in [-0.2, 0) is 33.6 Å². The predicted octanol–water partition coefficient (Wildman–Crippen LogP) is -4.49. The third kappa shape index (κ3) is 14.8. The minimum Gasteiger partial charge on any atom is -0.481 e. The number of guanidine groups is 1. The minimum absolute atomic E-state index is 0.0369. The fourth-order valence-electron chi connectivity index (χ4n) is 2.96. The number of carbonyl (C=O) groups excluding carboxylic acids is 4. The van der Waals surface area contributed by atoms with Crippen LogP contribution in [0.25, 0.3) is 0 Å². The second kappa shape index (κ2) is 17.1. The van der Waals surface area contributed by atoms with E-state index in [2.05, 4.69) is 20.9 Å². The molecular weight excluding hydrogens is 512 g/mol. The quantitative estimate of drug-likeness (QED) is 0.0415. The molecule has 0 saturated carbocycles. The third-order valence-corrected chi connectivity index (χ3v) is 4.88. The number of amides is 4. The highest BCUT2D eigenvalue weighted by atomic mass is 16.4. The van der Waals surface area contributed by atoms with Crippen LogP contribution in [0.15, 0.2) is 4.99 Å². The van der Waals surface area contributed by atoms with Crippen LogP contribution in [0.5, 0.6) is 0 Å². The number of aliphatic imine (C=N–C) groups is 1. The Hall–Kier alpha value is -4.48. The molecule has 214 valence electrons. The standard InChI is InChI=1S/C20H34N8O10/c21-9(8-15(32)33)16(34)26-11(4-6-14(30)31)18(36)27-10(2-1-7-25-20(23)24)17(35)28-12(19(37)38)3-5-13(22)29/h9-12H,1-8,21H2,(H2,22,29)(H,26,34)(H,27,36)(H,28,35)(H,30,31)(H,32,33)(H,37,38)(H4,23,24,25). The van der Waals surface area contributed by atoms with Crippen LogP contribution in [0.1, 0.15) is 44.9 Å². The van der Waals surface area contributed by atoms with Gasteiger partial charge in [0, 0.05) is 19.4 Å². The first-order chi connectivity index (χ1) is 17.6. The summed E-state index contributed by atoms with van der Waals surface area (Å²) < 4.78 is 0. The molecule has 4 atom stereocenters. The van der Waals surface area contributed by atoms with Gasteiger partial charge in [-0.25, -0.2) is 4.79 Å². The zero-order valence-corrected chi connectivity index (χ0v) is 20.4. The number of nitrogens with zero attached hydrogens (tertiary/aromatic N) is 1. The number of hydrogen-bond acceptors (Lipinski definition) is 9. The highest BCUT2D eigenvalue weighted by molar-refractivity contribution is 5.95. The van der Waals surface area contributed by atoms with Gasteiger partial charge in [-0.05, 0) is 25.7 Å². The van der Waals surface area contributed by atoms with E-state index in [1.54, 1.807) is 0 Å². The summed E-state index contributed by atoms with van der Waals surface area (Å²) in [6, 6.07) is -6.00. The SMILES string of the molecule is NC(=O)CCC(NC(=O)C(CCCN=C(N)N)NC(=O)C(CCC(=O)O)NC(=O)C(N)CC(=O)O)C(=O)O. The molecule has 0 aliphatic carbocycles. The van der Waals surface area contributed by atoms with Crippen LogP contribution in [0, 0.1) is 0 Å². The van der Waals surface area contributed by atoms with E-state index in [0.717, 1.165) is 0 Å². The Morgan fingerprint density at radius 1 is 0.684 bits per heavy atom. The lowest BCUT2D eigenvalue weighted by Gasteiger charge is -2.25. The number of hydrogen-bond donors (Lipinski definition) is 10. The van der Waals surface area contributed by atoms with Gasteiger partial charge in [0.05, 0.1) is 12.5 Å². The predicted molar refractivity (Wildman–Crippen MR) is 129 cm³/mol. The number of aliphatic carboxylic acids is 3. The number of nitrogens with one attached hydrogen (secondary N) is 3. The number of carboxylic acid groups (broad SMARTS) is 3. The van der Waals surface area contributed by atoms with E-state index in [0.29, 0.717) is 0 Å². The summed E-state index contributed by atoms with van der Waals surface area (Å²) in [5.41, 5.74) is 21.0. The molecule has 18 heteroatoms. The number of carbonyl (C=O) groups is 7. The minimum atomic E-state index is -1.55. The Morgan fingerprint density at radius 2 is 1.18 bits per heavy atom. The number of nitrogens with two attached hydrogens (primary N) is 4. The van der Waals surface area contributed by atoms with Gasteiger partial charge >= 0.3 is 17.9 Å². The Kier molecular flexibility index (Phi) is 15.0. The van der Waals surface area contributed by atoms with Crippen molar-refractivity contribution in [2.75, 3.05) is 6.54 Å². The molecule has 0 aliphatic rings. The molecule has 0 radical (unpaired) electrons. The maximum Gasteiger partial charge on any atom is 0.326 e. The first-order valence-corrected chi connectivity index (χ1v) is 11.3. The van der Waals surface area contributed by atoms with Crippen molar-refractivity contribution in [2.24, 2.45) is 27.9 Å². The van der Waals surface area contributed by atoms with E-state index in [1.165, 1.54) is 0 Å². The topological polar surface area (TPSA) is 333 Å². The van der Waals surface area contributed by atoms with Gasteiger partial charge in [0.15, 0.2) is 5.96 Å². The zero-order valence-electron chi connectivity index (χ0n) is 20.4. The third-order valence-electron chi connectivity index (χ3n) is 4.88. The van der Waals surface area contributed by atoms with Crippen molar-refractivity contribution in [2.45, 2.75) is 69.1 Å². The van der Waals surface area contributed by atoms with E-state index in [4.69, 9.17) is 33.1 Å². The Labute approximate surface area is 216 Å². The van der Waals surface area contributed by atoms with Crippen molar-refractivity contribution in [1.82, 2.24) is 16.0 Å². The summed E-state index contributed by atoms with van der Waals surface area (Å²) in [6.07, 6.45) is -2.45. The fourth-order valence-corrected chi connectivity index (χ4v) is 2.96. The van der Waals surface area contributed by atoms with E-state index in [-0.39, 0.29) is 38.2 Å². The molecule has 38 heavy (non-hydrogen) atoms. The monoisotopic (exact) mass is 546 g/mol. The van der Waals surface area contributed by atoms with Gasteiger partial charge in [-0.15, -0.1) is 0 Å². The number of primary amides is 1. The maximum absolute atomic E-state index is 12.9. The molecule has 0 aromatic carbocycles. The average Bonchev–Trinajstić information content (AvgIpc) is 2.79. The second-order valence-corrected chi connectivity index (χ2v) is 8.11. The van der Waals surface area contributed by atoms with Crippen molar-refractivity contribution in [3.05, 3.63) is 0 Å². The van der Waals surface area contributed by atoms with E-state index in [1.807, 2.05) is 0 Å². The van der Waals surface area contributed by atoms with Crippen LogP contribution in [0.4, 0.5) is 0 Å². The van der Waals surface area contributed by atoms with Crippen molar-refractivity contribution in [1.29, 1.82) is 0 Å². The van der Waals surface area contributed by atoms with Crippen LogP contribution >= 0.6 is 0 Å². The summed E-state index contributed by atoms with van der Waals surface area (Å²) in [7, 11) is 0. The Balaban J connectivity index is 5.74. The normalized spacial score (nSPS) is 13.6. The Morgan fingerprint density at radius 3 is 1.66 bits per heavy atom. The lowest BCUT2D eigenvalue weighted by molar-refractivity contribution is -0.142. The van der Waals surface area contributed by atoms with Crippen molar-refractivity contribution >= 4 is 47.5 Å². The number of carboxylic acids is 3. The second-order valence-electron chi connectivity index (χ2n) is 8.11. The molecule has 4 unspecified atom stereocenters. The highest BCUT2D eigenvalue weighted by Gasteiger charge is 2.31. The molecule has 14 N–H and O–H groups in total. The molecule has 0 aromatic heterocycles. The zero-order chi connectivity index (χ0) is 29.4. The lowest BCUT2D eigenvalue weighted by atomic mass is 10.1. The Bertz CT molecular complexity index is 921. The van der Waals surface area contributed by atoms with Gasteiger partial charge in [0.25, 0.3) is 0 Å². The number of rotatable bonds is 19. The highest BCUT2D eigenvalue weighted by Crippen LogP contribution is 2.06. The first kappa shape index (κ1) is 33.5. The molecule has 0 saturated heterocycles. The molecule has 18 nitrogen and oxygen atoms in total. The van der Waals surface area contributed by atoms with Crippen LogP contribution in [0.2, 0.25) is 0 Å². The molecule has 0 spiro atoms. The van der Waals surface area contributed by atoms with Gasteiger partial charge in [0.1, 0.15) is 18.1 Å². The van der Waals surface area contributed by atoms with Gasteiger partial charge < -0.3 is 54.2 Å². The van der Waals surface area contributed by atoms with Gasteiger partial charge in [-0.2, -0.15) is 0 Å². The largest absolute Gasteiger partial charge is 0.481 e. The maximum atomic E-state index is 12.9. The average molecular weight is 547 g/mol. The summed E-state index contributed by atoms with van der Waals surface area (Å²) in [6.45, 7) is 0.0369. The fraction of sp³-hybridized carbons (Fsp3) is 0.600. The van der Waals surface area contributed by atoms with Gasteiger partial charge in [-0.1, -0.05) is 0 Å². The van der Waals surface area contributed by atoms with E-state index >= 15 is 0 Å². The molecule has 0 fully saturated rings. The van der Waals surface area contributed by atoms with Crippen LogP contribution in [0.3, 0.4) is 0 Å². The molecular formula is C20H34N8O10. The summed E-state index contributed by atoms with van der Waals surface area (Å²) in [5, 5.41) is 33.8. The molecule has 0 rings (SSSR count).